The lowest BCUT2D eigenvalue weighted by atomic mass is 9.97. The van der Waals surface area contributed by atoms with Gasteiger partial charge in [-0.3, -0.25) is 14.3 Å². The fourth-order valence-electron chi connectivity index (χ4n) is 4.22. The summed E-state index contributed by atoms with van der Waals surface area (Å²) >= 11 is 0. The summed E-state index contributed by atoms with van der Waals surface area (Å²) in [7, 11) is 0. The average Bonchev–Trinajstić information content (AvgIpc) is 3.12. The Balaban J connectivity index is 1.62. The van der Waals surface area contributed by atoms with Crippen molar-refractivity contribution in [3.05, 3.63) is 50.5 Å². The third kappa shape index (κ3) is 3.99. The van der Waals surface area contributed by atoms with Crippen molar-refractivity contribution in [3.8, 4) is 0 Å². The van der Waals surface area contributed by atoms with Crippen LogP contribution >= 0.6 is 0 Å². The van der Waals surface area contributed by atoms with E-state index in [0.717, 1.165) is 38.5 Å². The van der Waals surface area contributed by atoms with Gasteiger partial charge in [0.05, 0.1) is 0 Å². The number of fused-ring (bicyclic) bond motifs is 1. The van der Waals surface area contributed by atoms with Crippen LogP contribution in [-0.2, 0) is 13.1 Å². The molecule has 0 amide bonds. The number of nitrogens with zero attached hydrogens (tertiary/aromatic N) is 3. The molecule has 0 spiro atoms. The first-order valence-corrected chi connectivity index (χ1v) is 10.2. The summed E-state index contributed by atoms with van der Waals surface area (Å²) in [6.45, 7) is 1.27. The van der Waals surface area contributed by atoms with Crippen molar-refractivity contribution in [1.82, 2.24) is 19.1 Å². The van der Waals surface area contributed by atoms with Gasteiger partial charge in [-0.2, -0.15) is 0 Å². The molecule has 0 fully saturated rings. The van der Waals surface area contributed by atoms with Gasteiger partial charge in [-0.05, 0) is 64.2 Å². The minimum atomic E-state index is -0.421. The van der Waals surface area contributed by atoms with E-state index in [4.69, 9.17) is 0 Å². The summed E-state index contributed by atoms with van der Waals surface area (Å²) in [6.07, 6.45) is 18.9. The highest BCUT2D eigenvalue weighted by molar-refractivity contribution is 5.69. The maximum Gasteiger partial charge on any atom is 0.330 e. The Morgan fingerprint density at radius 2 is 1.63 bits per heavy atom. The highest BCUT2D eigenvalue weighted by Crippen LogP contribution is 2.22. The second kappa shape index (κ2) is 8.11. The van der Waals surface area contributed by atoms with Gasteiger partial charge in [-0.15, -0.1) is 0 Å². The monoisotopic (exact) mass is 367 g/mol. The molecule has 0 bridgehead atoms. The molecule has 6 nitrogen and oxygen atoms in total. The van der Waals surface area contributed by atoms with E-state index in [2.05, 4.69) is 28.4 Å². The maximum atomic E-state index is 12.5. The van der Waals surface area contributed by atoms with Crippen LogP contribution in [0.4, 0.5) is 0 Å². The Bertz CT molecular complexity index is 990. The Morgan fingerprint density at radius 1 is 0.963 bits per heavy atom. The zero-order chi connectivity index (χ0) is 18.6. The standard InChI is InChI=1S/C21H27N4O2/c26-19-18-20(24(15-22-18)13-11-16-7-3-1-4-8-16)25(21(27)23-19)14-12-17-9-5-2-6-10-17/h7,9H,1-6,8,10-14H2,(H,23,26,27). The van der Waals surface area contributed by atoms with E-state index in [-0.39, 0.29) is 5.69 Å². The summed E-state index contributed by atoms with van der Waals surface area (Å²) in [6, 6.07) is 0. The molecule has 2 aliphatic carbocycles. The van der Waals surface area contributed by atoms with Gasteiger partial charge in [0.15, 0.2) is 17.5 Å². The first kappa shape index (κ1) is 18.0. The summed E-state index contributed by atoms with van der Waals surface area (Å²) in [5, 5.41) is 0. The van der Waals surface area contributed by atoms with Crippen LogP contribution in [0.2, 0.25) is 0 Å². The predicted molar refractivity (Wildman–Crippen MR) is 106 cm³/mol. The summed E-state index contributed by atoms with van der Waals surface area (Å²) in [5.74, 6) is 0. The van der Waals surface area contributed by atoms with Gasteiger partial charge < -0.3 is 4.57 Å². The fourth-order valence-corrected chi connectivity index (χ4v) is 4.22. The highest BCUT2D eigenvalue weighted by Gasteiger charge is 2.15. The van der Waals surface area contributed by atoms with Crippen LogP contribution in [0.3, 0.4) is 0 Å². The van der Waals surface area contributed by atoms with Gasteiger partial charge in [-0.1, -0.05) is 23.3 Å². The van der Waals surface area contributed by atoms with E-state index in [1.807, 2.05) is 4.57 Å². The number of aryl methyl sites for hydroxylation is 2. The molecule has 2 aromatic heterocycles. The number of nitrogens with one attached hydrogen (secondary N) is 1. The second-order valence-corrected chi connectivity index (χ2v) is 7.66. The number of hydrogen-bond donors (Lipinski definition) is 1. The topological polar surface area (TPSA) is 72.7 Å². The lowest BCUT2D eigenvalue weighted by Crippen LogP contribution is -2.31. The highest BCUT2D eigenvalue weighted by atomic mass is 16.2. The van der Waals surface area contributed by atoms with Crippen molar-refractivity contribution in [2.45, 2.75) is 77.3 Å². The number of aromatic amines is 1. The molecular weight excluding hydrogens is 340 g/mol. The number of imidazole rings is 1. The van der Waals surface area contributed by atoms with Crippen LogP contribution in [0.1, 0.15) is 64.2 Å². The van der Waals surface area contributed by atoms with Crippen molar-refractivity contribution >= 4 is 11.2 Å². The van der Waals surface area contributed by atoms with Crippen molar-refractivity contribution in [1.29, 1.82) is 0 Å². The lowest BCUT2D eigenvalue weighted by molar-refractivity contribution is 0.589. The van der Waals surface area contributed by atoms with Crippen LogP contribution in [0.25, 0.3) is 11.2 Å². The van der Waals surface area contributed by atoms with Gasteiger partial charge >= 0.3 is 5.69 Å². The van der Waals surface area contributed by atoms with Crippen LogP contribution in [0.15, 0.2) is 32.9 Å². The molecule has 143 valence electrons. The van der Waals surface area contributed by atoms with Gasteiger partial charge in [0.2, 0.25) is 0 Å². The number of hydrogen-bond acceptors (Lipinski definition) is 3. The molecule has 0 atom stereocenters. The number of allylic oxidation sites excluding steroid dienone is 4. The average molecular weight is 367 g/mol. The second-order valence-electron chi connectivity index (χ2n) is 7.66. The summed E-state index contributed by atoms with van der Waals surface area (Å²) in [5.41, 5.74) is 3.02. The smallest absolute Gasteiger partial charge is 0.307 e. The largest absolute Gasteiger partial charge is 0.330 e. The molecule has 6 heteroatoms. The van der Waals surface area contributed by atoms with Crippen molar-refractivity contribution < 1.29 is 0 Å². The van der Waals surface area contributed by atoms with Crippen LogP contribution in [-0.4, -0.2) is 19.1 Å². The van der Waals surface area contributed by atoms with Crippen LogP contribution < -0.4 is 11.2 Å². The quantitative estimate of drug-likeness (QED) is 0.795. The third-order valence-electron chi connectivity index (χ3n) is 5.77. The summed E-state index contributed by atoms with van der Waals surface area (Å²) in [4.78, 5) is 31.3. The molecule has 0 unspecified atom stereocenters. The molecule has 0 saturated carbocycles. The summed E-state index contributed by atoms with van der Waals surface area (Å²) < 4.78 is 3.53. The molecule has 2 aliphatic rings. The van der Waals surface area contributed by atoms with Gasteiger partial charge in [0.25, 0.3) is 5.56 Å². The number of rotatable bonds is 6. The van der Waals surface area contributed by atoms with Gasteiger partial charge in [0.1, 0.15) is 0 Å². The Hall–Kier alpha value is -2.37. The van der Waals surface area contributed by atoms with Crippen LogP contribution in [0.5, 0.6) is 0 Å². The van der Waals surface area contributed by atoms with Crippen molar-refractivity contribution in [2.75, 3.05) is 0 Å². The maximum absolute atomic E-state index is 12.5. The fraction of sp³-hybridized carbons (Fsp3) is 0.571. The molecular formula is C21H27N4O2. The zero-order valence-corrected chi connectivity index (χ0v) is 15.8. The van der Waals surface area contributed by atoms with Crippen molar-refractivity contribution in [2.24, 2.45) is 0 Å². The molecule has 0 aliphatic heterocycles. The molecule has 4 rings (SSSR count). The molecule has 27 heavy (non-hydrogen) atoms. The zero-order valence-electron chi connectivity index (χ0n) is 15.8. The predicted octanol–water partition coefficient (Wildman–Crippen LogP) is 3.47. The van der Waals surface area contributed by atoms with Crippen LogP contribution in [0, 0.1) is 6.33 Å². The minimum Gasteiger partial charge on any atom is -0.307 e. The lowest BCUT2D eigenvalue weighted by Gasteiger charge is -2.16. The first-order chi connectivity index (χ1) is 13.2. The van der Waals surface area contributed by atoms with E-state index < -0.39 is 5.56 Å². The first-order valence-electron chi connectivity index (χ1n) is 10.2. The number of aromatic nitrogens is 4. The SMILES string of the molecule is O=c1[nH]c(=O)n(CCC2=CCCCC2)c2c1n[c]n2CCC1=CCCCC1. The Kier molecular flexibility index (Phi) is 5.41. The van der Waals surface area contributed by atoms with E-state index in [1.54, 1.807) is 4.57 Å². The Labute approximate surface area is 158 Å². The third-order valence-corrected chi connectivity index (χ3v) is 5.77. The van der Waals surface area contributed by atoms with Gasteiger partial charge in [-0.25, -0.2) is 9.78 Å². The van der Waals surface area contributed by atoms with E-state index in [0.29, 0.717) is 24.3 Å². The van der Waals surface area contributed by atoms with E-state index in [9.17, 15) is 9.59 Å². The van der Waals surface area contributed by atoms with E-state index >= 15 is 0 Å². The number of H-pyrrole nitrogens is 1. The molecule has 2 heterocycles. The Morgan fingerprint density at radius 3 is 2.26 bits per heavy atom. The minimum absolute atomic E-state index is 0.310. The molecule has 1 radical (unpaired) electrons. The normalized spacial score (nSPS) is 17.8. The molecule has 0 saturated heterocycles. The van der Waals surface area contributed by atoms with E-state index in [1.165, 1.54) is 36.8 Å². The van der Waals surface area contributed by atoms with Gasteiger partial charge in [0, 0.05) is 13.1 Å². The molecule has 0 aromatic carbocycles. The molecule has 1 N–H and O–H groups in total. The molecule has 2 aromatic rings. The van der Waals surface area contributed by atoms with Crippen molar-refractivity contribution in [3.63, 3.8) is 0 Å².